The average molecular weight is 574 g/mol. The second kappa shape index (κ2) is 11.2. The van der Waals surface area contributed by atoms with Crippen LogP contribution in [0.3, 0.4) is 0 Å². The van der Waals surface area contributed by atoms with Crippen LogP contribution in [0.25, 0.3) is 0 Å². The lowest BCUT2D eigenvalue weighted by Crippen LogP contribution is -2.50. The summed E-state index contributed by atoms with van der Waals surface area (Å²) < 4.78 is 6.48. The highest BCUT2D eigenvalue weighted by Crippen LogP contribution is 2.42. The van der Waals surface area contributed by atoms with Gasteiger partial charge in [0.05, 0.1) is 42.1 Å². The zero-order chi connectivity index (χ0) is 29.5. The molecule has 4 amide bonds. The quantitative estimate of drug-likeness (QED) is 0.526. The van der Waals surface area contributed by atoms with Crippen LogP contribution in [0.2, 0.25) is 0 Å². The van der Waals surface area contributed by atoms with E-state index in [1.165, 1.54) is 11.8 Å². The molecule has 4 aliphatic rings. The standard InChI is InChI=1S/C32H35N3O7/c1-19(36)33-15-14-21(17-33)42-27-12-6-7-20-13-16-34(29(37)24-10-4-5-11-25(24)32(40)41)26(28(20)27)18-35-30(38)22-8-2-3-9-23(22)31(35)39/h2-3,6-9,12,21,24-26H,4-5,10-11,13-18H2,1H3,(H,40,41)/t21?,24-,25+,26-/m1/s1. The van der Waals surface area contributed by atoms with Gasteiger partial charge in [-0.3, -0.25) is 28.9 Å². The molecule has 4 atom stereocenters. The van der Waals surface area contributed by atoms with E-state index < -0.39 is 35.7 Å². The number of amides is 4. The summed E-state index contributed by atoms with van der Waals surface area (Å²) in [6.07, 6.45) is 3.43. The molecule has 1 aliphatic carbocycles. The number of carboxylic acids is 1. The monoisotopic (exact) mass is 573 g/mol. The van der Waals surface area contributed by atoms with Gasteiger partial charge in [0, 0.05) is 32.0 Å². The Morgan fingerprint density at radius 3 is 2.24 bits per heavy atom. The van der Waals surface area contributed by atoms with Crippen molar-refractivity contribution in [2.75, 3.05) is 26.2 Å². The minimum Gasteiger partial charge on any atom is -0.488 e. The Kier molecular flexibility index (Phi) is 7.47. The van der Waals surface area contributed by atoms with Crippen molar-refractivity contribution in [3.05, 3.63) is 64.7 Å². The lowest BCUT2D eigenvalue weighted by molar-refractivity contribution is -0.153. The zero-order valence-electron chi connectivity index (χ0n) is 23.7. The van der Waals surface area contributed by atoms with Gasteiger partial charge in [-0.1, -0.05) is 37.1 Å². The molecule has 10 heteroatoms. The van der Waals surface area contributed by atoms with Crippen LogP contribution in [0.15, 0.2) is 42.5 Å². The third-order valence-corrected chi connectivity index (χ3v) is 9.29. The topological polar surface area (TPSA) is 125 Å². The number of carbonyl (C=O) groups is 5. The molecule has 0 spiro atoms. The Hall–Kier alpha value is -4.21. The highest BCUT2D eigenvalue weighted by Gasteiger charge is 2.45. The SMILES string of the molecule is CC(=O)N1CCC(Oc2cccc3c2[C@@H](CN2C(=O)c4ccccc4C2=O)N(C(=O)[C@@H]2CCCC[C@@H]2C(=O)O)CC3)C1. The molecule has 220 valence electrons. The normalized spacial score (nSPS) is 25.3. The number of hydrogen-bond donors (Lipinski definition) is 1. The van der Waals surface area contributed by atoms with E-state index >= 15 is 0 Å². The minimum absolute atomic E-state index is 0.0167. The predicted molar refractivity (Wildman–Crippen MR) is 151 cm³/mol. The van der Waals surface area contributed by atoms with Crippen LogP contribution in [-0.4, -0.2) is 81.7 Å². The van der Waals surface area contributed by atoms with Crippen molar-refractivity contribution in [2.24, 2.45) is 11.8 Å². The third-order valence-electron chi connectivity index (χ3n) is 9.29. The van der Waals surface area contributed by atoms with Gasteiger partial charge < -0.3 is 19.6 Å². The number of imide groups is 1. The van der Waals surface area contributed by atoms with Gasteiger partial charge in [0.2, 0.25) is 11.8 Å². The van der Waals surface area contributed by atoms with Crippen molar-refractivity contribution in [1.82, 2.24) is 14.7 Å². The summed E-state index contributed by atoms with van der Waals surface area (Å²) in [5.41, 5.74) is 2.35. The molecule has 3 aliphatic heterocycles. The van der Waals surface area contributed by atoms with E-state index in [4.69, 9.17) is 4.74 Å². The van der Waals surface area contributed by atoms with Crippen molar-refractivity contribution in [2.45, 2.75) is 57.6 Å². The number of nitrogens with zero attached hydrogens (tertiary/aromatic N) is 3. The summed E-state index contributed by atoms with van der Waals surface area (Å²) in [5.74, 6) is -2.96. The maximum Gasteiger partial charge on any atom is 0.307 e. The third kappa shape index (κ3) is 4.92. The minimum atomic E-state index is -0.970. The van der Waals surface area contributed by atoms with Crippen LogP contribution in [0.4, 0.5) is 0 Å². The van der Waals surface area contributed by atoms with Crippen molar-refractivity contribution in [3.8, 4) is 5.75 Å². The van der Waals surface area contributed by atoms with Gasteiger partial charge in [0.15, 0.2) is 0 Å². The first kappa shape index (κ1) is 27.9. The van der Waals surface area contributed by atoms with Gasteiger partial charge in [0.1, 0.15) is 11.9 Å². The summed E-state index contributed by atoms with van der Waals surface area (Å²) in [6, 6.07) is 11.7. The number of ether oxygens (including phenoxy) is 1. The summed E-state index contributed by atoms with van der Waals surface area (Å²) >= 11 is 0. The van der Waals surface area contributed by atoms with Crippen molar-refractivity contribution in [3.63, 3.8) is 0 Å². The highest BCUT2D eigenvalue weighted by molar-refractivity contribution is 6.21. The van der Waals surface area contributed by atoms with Crippen LogP contribution in [0.5, 0.6) is 5.75 Å². The molecule has 2 fully saturated rings. The largest absolute Gasteiger partial charge is 0.488 e. The van der Waals surface area contributed by atoms with Gasteiger partial charge in [-0.05, 0) is 43.0 Å². The fourth-order valence-corrected chi connectivity index (χ4v) is 7.10. The second-order valence-electron chi connectivity index (χ2n) is 11.7. The van der Waals surface area contributed by atoms with Crippen LogP contribution < -0.4 is 4.74 Å². The molecule has 10 nitrogen and oxygen atoms in total. The van der Waals surface area contributed by atoms with E-state index in [1.54, 1.807) is 34.1 Å². The fraction of sp³-hybridized carbons (Fsp3) is 0.469. The first-order valence-electron chi connectivity index (χ1n) is 14.8. The maximum absolute atomic E-state index is 14.2. The number of fused-ring (bicyclic) bond motifs is 2. The second-order valence-corrected chi connectivity index (χ2v) is 11.7. The van der Waals surface area contributed by atoms with Crippen LogP contribution in [0, 0.1) is 11.8 Å². The van der Waals surface area contributed by atoms with Gasteiger partial charge in [0.25, 0.3) is 11.8 Å². The number of rotatable bonds is 6. The number of hydrogen-bond acceptors (Lipinski definition) is 6. The van der Waals surface area contributed by atoms with Crippen molar-refractivity contribution in [1.29, 1.82) is 0 Å². The summed E-state index contributed by atoms with van der Waals surface area (Å²) in [5, 5.41) is 9.93. The maximum atomic E-state index is 14.2. The molecule has 2 aromatic carbocycles. The van der Waals surface area contributed by atoms with E-state index in [9.17, 15) is 29.1 Å². The Balaban J connectivity index is 1.37. The van der Waals surface area contributed by atoms with E-state index in [1.807, 2.05) is 18.2 Å². The van der Waals surface area contributed by atoms with Gasteiger partial charge >= 0.3 is 5.97 Å². The first-order chi connectivity index (χ1) is 20.2. The fourth-order valence-electron chi connectivity index (χ4n) is 7.10. The van der Waals surface area contributed by atoms with Crippen LogP contribution >= 0.6 is 0 Å². The zero-order valence-corrected chi connectivity index (χ0v) is 23.7. The molecular formula is C32H35N3O7. The molecule has 1 N–H and O–H groups in total. The molecule has 0 radical (unpaired) electrons. The molecular weight excluding hydrogens is 538 g/mol. The Bertz CT molecular complexity index is 1420. The summed E-state index contributed by atoms with van der Waals surface area (Å²) in [6.45, 7) is 2.85. The van der Waals surface area contributed by atoms with Gasteiger partial charge in [-0.25, -0.2) is 0 Å². The van der Waals surface area contributed by atoms with Crippen LogP contribution in [0.1, 0.15) is 76.9 Å². The molecule has 0 aromatic heterocycles. The average Bonchev–Trinajstić information content (AvgIpc) is 3.56. The number of likely N-dealkylation sites (tertiary alicyclic amines) is 1. The summed E-state index contributed by atoms with van der Waals surface area (Å²) in [7, 11) is 0. The molecule has 1 saturated carbocycles. The number of carbonyl (C=O) groups excluding carboxylic acids is 4. The van der Waals surface area contributed by atoms with Crippen molar-refractivity contribution < 1.29 is 33.8 Å². The number of aliphatic carboxylic acids is 1. The molecule has 6 rings (SSSR count). The van der Waals surface area contributed by atoms with Crippen LogP contribution in [-0.2, 0) is 20.8 Å². The molecule has 0 bridgehead atoms. The lowest BCUT2D eigenvalue weighted by atomic mass is 9.77. The predicted octanol–water partition coefficient (Wildman–Crippen LogP) is 3.30. The molecule has 3 heterocycles. The van der Waals surface area contributed by atoms with Crippen molar-refractivity contribution >= 4 is 29.6 Å². The Morgan fingerprint density at radius 1 is 0.905 bits per heavy atom. The number of carboxylic acid groups (broad SMARTS) is 1. The molecule has 1 saturated heterocycles. The number of benzene rings is 2. The summed E-state index contributed by atoms with van der Waals surface area (Å²) in [4.78, 5) is 69.7. The van der Waals surface area contributed by atoms with E-state index in [0.29, 0.717) is 62.2 Å². The molecule has 2 aromatic rings. The van der Waals surface area contributed by atoms with Gasteiger partial charge in [-0.15, -0.1) is 0 Å². The van der Waals surface area contributed by atoms with E-state index in [2.05, 4.69) is 0 Å². The highest BCUT2D eigenvalue weighted by atomic mass is 16.5. The molecule has 42 heavy (non-hydrogen) atoms. The van der Waals surface area contributed by atoms with E-state index in [-0.39, 0.29) is 24.5 Å². The lowest BCUT2D eigenvalue weighted by Gasteiger charge is -2.42. The van der Waals surface area contributed by atoms with E-state index in [0.717, 1.165) is 24.0 Å². The Labute approximate surface area is 244 Å². The smallest absolute Gasteiger partial charge is 0.307 e. The molecule has 1 unspecified atom stereocenters. The Morgan fingerprint density at radius 2 is 1.60 bits per heavy atom. The first-order valence-corrected chi connectivity index (χ1v) is 14.8. The van der Waals surface area contributed by atoms with Gasteiger partial charge in [-0.2, -0.15) is 0 Å².